The summed E-state index contributed by atoms with van der Waals surface area (Å²) >= 11 is 27.5. The average Bonchev–Trinajstić information content (AvgIpc) is 2.37. The minimum absolute atomic E-state index is 0.0576. The van der Waals surface area contributed by atoms with Gasteiger partial charge in [0.2, 0.25) is 0 Å². The zero-order valence-corrected chi connectivity index (χ0v) is 26.1. The Hall–Kier alpha value is 3.95. The monoisotopic (exact) mass is 875 g/mol. The molecule has 0 fully saturated rings. The third kappa shape index (κ3) is 16.9. The van der Waals surface area contributed by atoms with E-state index < -0.39 is 12.1 Å². The molecule has 0 heterocycles. The molecule has 24 heavy (non-hydrogen) atoms. The molecule has 0 aliphatic carbocycles. The minimum atomic E-state index is -3.63. The lowest BCUT2D eigenvalue weighted by atomic mass is 10.4. The van der Waals surface area contributed by atoms with E-state index in [-0.39, 0.29) is 22.9 Å². The van der Waals surface area contributed by atoms with Gasteiger partial charge in [0.15, 0.2) is 0 Å². The van der Waals surface area contributed by atoms with Crippen LogP contribution in [0.5, 0.6) is 0 Å². The fourth-order valence-electron chi connectivity index (χ4n) is 1.28. The molecule has 0 aliphatic heterocycles. The molecule has 0 amide bonds. The third-order valence-electron chi connectivity index (χ3n) is 2.19. The first-order valence-corrected chi connectivity index (χ1v) is 14.8. The number of hydrogen-bond donors (Lipinski definition) is 0. The van der Waals surface area contributed by atoms with Crippen LogP contribution in [0.15, 0.2) is 0 Å². The predicted molar refractivity (Wildman–Crippen MR) is 129 cm³/mol. The summed E-state index contributed by atoms with van der Waals surface area (Å²) in [6, 6.07) is 0. The SMILES string of the molecule is CCCOP(=O)(OCC(Br)CC(Br)(Br)Br)OCC(Br)CC(Br)(Br)Br. The molecule has 2 atom stereocenters. The molecule has 13 heteroatoms. The van der Waals surface area contributed by atoms with Crippen LogP contribution in [0.2, 0.25) is 0 Å². The van der Waals surface area contributed by atoms with Crippen LogP contribution in [0.4, 0.5) is 0 Å². The lowest BCUT2D eigenvalue weighted by Gasteiger charge is -2.23. The van der Waals surface area contributed by atoms with Crippen molar-refractivity contribution in [3.05, 3.63) is 0 Å². The molecule has 0 rings (SSSR count). The van der Waals surface area contributed by atoms with Gasteiger partial charge < -0.3 is 0 Å². The molecule has 0 aromatic heterocycles. The molecule has 0 aromatic carbocycles. The topological polar surface area (TPSA) is 44.8 Å². The fraction of sp³-hybridized carbons (Fsp3) is 1.00. The molecule has 0 aromatic rings. The highest BCUT2D eigenvalue weighted by Gasteiger charge is 2.32. The summed E-state index contributed by atoms with van der Waals surface area (Å²) in [6.07, 6.45) is 2.00. The predicted octanol–water partition coefficient (Wildman–Crippen LogP) is 8.54. The van der Waals surface area contributed by atoms with Crippen molar-refractivity contribution in [3.63, 3.8) is 0 Å². The summed E-state index contributed by atoms with van der Waals surface area (Å²) in [5.41, 5.74) is 0. The molecule has 0 bridgehead atoms. The first-order chi connectivity index (χ1) is 10.8. The van der Waals surface area contributed by atoms with Crippen LogP contribution in [0.25, 0.3) is 0 Å². The van der Waals surface area contributed by atoms with Crippen LogP contribution in [0.3, 0.4) is 0 Å². The fourth-order valence-corrected chi connectivity index (χ4v) is 9.23. The van der Waals surface area contributed by atoms with Gasteiger partial charge in [-0.1, -0.05) is 134 Å². The Morgan fingerprint density at radius 3 is 1.50 bits per heavy atom. The Labute approximate surface area is 210 Å². The maximum Gasteiger partial charge on any atom is 0.474 e. The number of halogens is 8. The van der Waals surface area contributed by atoms with Crippen LogP contribution < -0.4 is 0 Å². The lowest BCUT2D eigenvalue weighted by Crippen LogP contribution is -2.18. The third-order valence-corrected chi connectivity index (χ3v) is 6.73. The van der Waals surface area contributed by atoms with E-state index in [4.69, 9.17) is 13.6 Å². The first kappa shape index (κ1) is 27.9. The van der Waals surface area contributed by atoms with Crippen molar-refractivity contribution < 1.29 is 18.1 Å². The molecule has 0 saturated heterocycles. The summed E-state index contributed by atoms with van der Waals surface area (Å²) in [4.78, 5) is -0.115. The molecule has 0 radical (unpaired) electrons. The highest BCUT2D eigenvalue weighted by molar-refractivity contribution is 9.39. The van der Waals surface area contributed by atoms with Crippen molar-refractivity contribution in [1.82, 2.24) is 0 Å². The second kappa shape index (κ2) is 13.3. The maximum absolute atomic E-state index is 12.7. The molecular weight excluding hydrogens is 866 g/mol. The van der Waals surface area contributed by atoms with Crippen molar-refractivity contribution in [1.29, 1.82) is 0 Å². The molecule has 2 unspecified atom stereocenters. The van der Waals surface area contributed by atoms with Gasteiger partial charge in [-0.15, -0.1) is 0 Å². The summed E-state index contributed by atoms with van der Waals surface area (Å²) in [7, 11) is -3.63. The van der Waals surface area contributed by atoms with Crippen molar-refractivity contribution in [2.75, 3.05) is 19.8 Å². The molecule has 0 N–H and O–H groups in total. The normalized spacial score (nSPS) is 18.2. The van der Waals surface area contributed by atoms with E-state index in [0.717, 1.165) is 0 Å². The number of hydrogen-bond acceptors (Lipinski definition) is 4. The van der Waals surface area contributed by atoms with Gasteiger partial charge in [-0.2, -0.15) is 0 Å². The smallest absolute Gasteiger partial charge is 0.287 e. The van der Waals surface area contributed by atoms with Crippen molar-refractivity contribution >= 4 is 135 Å². The molecule has 0 aliphatic rings. The summed E-state index contributed by atoms with van der Waals surface area (Å²) in [5, 5.41) is 0. The Balaban J connectivity index is 4.57. The van der Waals surface area contributed by atoms with Gasteiger partial charge in [0, 0.05) is 9.65 Å². The molecule has 0 spiro atoms. The standard InChI is InChI=1S/C11H17Br8O4P/c1-2-3-21-24(20,22-6-8(12)4-10(14,15)16)23-7-9(13)5-11(17,18)19/h8-9H,2-7H2,1H3. The van der Waals surface area contributed by atoms with Crippen LogP contribution in [-0.2, 0) is 18.1 Å². The summed E-state index contributed by atoms with van der Waals surface area (Å²) < 4.78 is 28.2. The van der Waals surface area contributed by atoms with Gasteiger partial charge in [-0.05, 0) is 19.3 Å². The van der Waals surface area contributed by atoms with Crippen molar-refractivity contribution in [3.8, 4) is 0 Å². The van der Waals surface area contributed by atoms with Crippen molar-refractivity contribution in [2.24, 2.45) is 0 Å². The van der Waals surface area contributed by atoms with Crippen LogP contribution in [-0.4, -0.2) is 33.8 Å². The lowest BCUT2D eigenvalue weighted by molar-refractivity contribution is 0.114. The van der Waals surface area contributed by atoms with E-state index in [1.165, 1.54) is 0 Å². The van der Waals surface area contributed by atoms with E-state index in [1.807, 2.05) is 6.92 Å². The van der Waals surface area contributed by atoms with E-state index in [0.29, 0.717) is 25.9 Å². The zero-order chi connectivity index (χ0) is 19.0. The van der Waals surface area contributed by atoms with Gasteiger partial charge in [0.25, 0.3) is 0 Å². The highest BCUT2D eigenvalue weighted by atomic mass is 80.0. The number of alkyl halides is 8. The Kier molecular flexibility index (Phi) is 15.5. The number of phosphoric ester groups is 1. The maximum atomic E-state index is 12.7. The summed E-state index contributed by atoms with van der Waals surface area (Å²) in [5.74, 6) is 0. The molecule has 146 valence electrons. The number of rotatable bonds is 11. The molecule has 4 nitrogen and oxygen atoms in total. The highest BCUT2D eigenvalue weighted by Crippen LogP contribution is 2.51. The minimum Gasteiger partial charge on any atom is -0.287 e. The largest absolute Gasteiger partial charge is 0.474 e. The Bertz CT molecular complexity index is 370. The van der Waals surface area contributed by atoms with Gasteiger partial charge in [0.1, 0.15) is 4.29 Å². The second-order valence-corrected chi connectivity index (χ2v) is 23.5. The first-order valence-electron chi connectivity index (χ1n) is 6.71. The van der Waals surface area contributed by atoms with E-state index in [1.54, 1.807) is 0 Å². The van der Waals surface area contributed by atoms with Gasteiger partial charge in [0.05, 0.1) is 19.8 Å². The van der Waals surface area contributed by atoms with Crippen molar-refractivity contribution in [2.45, 2.75) is 40.1 Å². The van der Waals surface area contributed by atoms with E-state index in [2.05, 4.69) is 127 Å². The van der Waals surface area contributed by atoms with Gasteiger partial charge in [-0.3, -0.25) is 13.6 Å². The summed E-state index contributed by atoms with van der Waals surface area (Å²) in [6.45, 7) is 2.58. The van der Waals surface area contributed by atoms with Gasteiger partial charge in [-0.25, -0.2) is 4.57 Å². The quantitative estimate of drug-likeness (QED) is 0.154. The second-order valence-electron chi connectivity index (χ2n) is 4.71. The average molecular weight is 883 g/mol. The molecular formula is C11H17Br8O4P. The number of phosphoric acid groups is 1. The van der Waals surface area contributed by atoms with E-state index >= 15 is 0 Å². The Morgan fingerprint density at radius 1 is 0.833 bits per heavy atom. The van der Waals surface area contributed by atoms with Gasteiger partial charge >= 0.3 is 7.82 Å². The van der Waals surface area contributed by atoms with Crippen LogP contribution in [0.1, 0.15) is 26.2 Å². The zero-order valence-electron chi connectivity index (χ0n) is 12.5. The Morgan fingerprint density at radius 2 is 1.21 bits per heavy atom. The molecule has 0 saturated carbocycles. The van der Waals surface area contributed by atoms with Crippen LogP contribution >= 0.6 is 135 Å². The van der Waals surface area contributed by atoms with E-state index in [9.17, 15) is 4.57 Å². The van der Waals surface area contributed by atoms with Crippen LogP contribution in [0, 0.1) is 0 Å².